The second-order valence-corrected chi connectivity index (χ2v) is 18.0. The fraction of sp³-hybridized carbons (Fsp3) is 0.594. The number of benzene rings is 1. The van der Waals surface area contributed by atoms with E-state index in [4.69, 9.17) is 9.16 Å². The van der Waals surface area contributed by atoms with Gasteiger partial charge < -0.3 is 25.1 Å². The van der Waals surface area contributed by atoms with E-state index in [2.05, 4.69) is 54.8 Å². The van der Waals surface area contributed by atoms with E-state index in [-0.39, 0.29) is 41.0 Å². The number of ether oxygens (including phenoxy) is 1. The minimum atomic E-state index is -1.94. The number of carbonyl (C=O) groups excluding carboxylic acids is 2. The van der Waals surface area contributed by atoms with Crippen molar-refractivity contribution in [3.05, 3.63) is 53.2 Å². The summed E-state index contributed by atoms with van der Waals surface area (Å²) < 4.78 is 12.0. The van der Waals surface area contributed by atoms with Crippen molar-refractivity contribution in [2.24, 2.45) is 5.92 Å². The first-order valence-electron chi connectivity index (χ1n) is 15.0. The second kappa shape index (κ2) is 13.0. The maximum Gasteiger partial charge on any atom is 0.251 e. The van der Waals surface area contributed by atoms with Gasteiger partial charge in [-0.05, 0) is 80.1 Å². The lowest BCUT2D eigenvalue weighted by Crippen LogP contribution is -2.52. The molecule has 1 aromatic carbocycles. The van der Waals surface area contributed by atoms with Crippen LogP contribution in [-0.4, -0.2) is 50.5 Å². The van der Waals surface area contributed by atoms with E-state index in [1.165, 1.54) is 0 Å². The molecule has 8 nitrogen and oxygen atoms in total. The minimum Gasteiger partial charge on any atom is -0.412 e. The summed E-state index contributed by atoms with van der Waals surface area (Å²) in [4.78, 5) is 30.1. The van der Waals surface area contributed by atoms with Crippen molar-refractivity contribution in [3.63, 3.8) is 0 Å². The fourth-order valence-corrected chi connectivity index (χ4v) is 6.56. The SMILES string of the molecule is COC1CC(C(=O)Nc2ccc(CNc3cc(C(=O)N[C@H]4CCCC[C@@H]4O[Si](C)(C)C(C)(C)C)ccc3C)cn2)C1. The van der Waals surface area contributed by atoms with Crippen LogP contribution in [0.5, 0.6) is 0 Å². The highest BCUT2D eigenvalue weighted by Gasteiger charge is 2.41. The molecule has 2 amide bonds. The lowest BCUT2D eigenvalue weighted by atomic mass is 9.81. The molecule has 2 aliphatic carbocycles. The van der Waals surface area contributed by atoms with E-state index in [9.17, 15) is 9.59 Å². The highest BCUT2D eigenvalue weighted by atomic mass is 28.4. The van der Waals surface area contributed by atoms with Gasteiger partial charge in [-0.25, -0.2) is 4.98 Å². The standard InChI is InChI=1S/C32H48N4O4Si/c1-21-12-14-23(30(37)35-26-10-8-9-11-28(26)40-41(6,7)32(2,3)4)18-27(21)33-19-22-13-15-29(34-20-22)36-31(38)24-16-25(17-24)39-5/h12-15,18,20,24-26,28,33H,8-11,16-17,19H2,1-7H3,(H,35,37)(H,34,36,38)/t24?,25?,26-,28-/m0/s1. The van der Waals surface area contributed by atoms with E-state index in [1.54, 1.807) is 13.3 Å². The number of methoxy groups -OCH3 is 1. The van der Waals surface area contributed by atoms with Crippen molar-refractivity contribution in [3.8, 4) is 0 Å². The van der Waals surface area contributed by atoms with Gasteiger partial charge in [0.25, 0.3) is 5.91 Å². The van der Waals surface area contributed by atoms with E-state index >= 15 is 0 Å². The van der Waals surface area contributed by atoms with Crippen LogP contribution >= 0.6 is 0 Å². The van der Waals surface area contributed by atoms with Crippen LogP contribution in [0.15, 0.2) is 36.5 Å². The Morgan fingerprint density at radius 2 is 1.80 bits per heavy atom. The van der Waals surface area contributed by atoms with Gasteiger partial charge in [-0.15, -0.1) is 0 Å². The van der Waals surface area contributed by atoms with Gasteiger partial charge in [0.2, 0.25) is 5.91 Å². The molecule has 3 N–H and O–H groups in total. The zero-order chi connectivity index (χ0) is 29.8. The summed E-state index contributed by atoms with van der Waals surface area (Å²) in [5, 5.41) is 9.78. The number of amides is 2. The fourth-order valence-electron chi connectivity index (χ4n) is 5.16. The third kappa shape index (κ3) is 7.96. The molecule has 2 fully saturated rings. The molecule has 0 saturated heterocycles. The zero-order valence-corrected chi connectivity index (χ0v) is 26.8. The predicted molar refractivity (Wildman–Crippen MR) is 167 cm³/mol. The molecule has 0 unspecified atom stereocenters. The molecule has 0 bridgehead atoms. The molecule has 1 aromatic heterocycles. The molecule has 224 valence electrons. The topological polar surface area (TPSA) is 102 Å². The third-order valence-electron chi connectivity index (χ3n) is 9.13. The van der Waals surface area contributed by atoms with E-state index in [0.717, 1.165) is 55.3 Å². The number of hydrogen-bond donors (Lipinski definition) is 3. The number of nitrogens with zero attached hydrogens (tertiary/aromatic N) is 1. The molecule has 4 rings (SSSR count). The Labute approximate surface area is 246 Å². The first-order chi connectivity index (χ1) is 19.4. The smallest absolute Gasteiger partial charge is 0.251 e. The predicted octanol–water partition coefficient (Wildman–Crippen LogP) is 6.43. The lowest BCUT2D eigenvalue weighted by molar-refractivity contribution is -0.127. The summed E-state index contributed by atoms with van der Waals surface area (Å²) in [6.45, 7) is 13.9. The Hall–Kier alpha value is -2.75. The Morgan fingerprint density at radius 1 is 1.07 bits per heavy atom. The molecule has 2 atom stereocenters. The average molecular weight is 581 g/mol. The molecule has 1 heterocycles. The van der Waals surface area contributed by atoms with Gasteiger partial charge in [0.1, 0.15) is 5.82 Å². The molecule has 2 aromatic rings. The molecule has 0 aliphatic heterocycles. The van der Waals surface area contributed by atoms with Crippen LogP contribution in [0.25, 0.3) is 0 Å². The minimum absolute atomic E-state index is 0.00603. The van der Waals surface area contributed by atoms with Gasteiger partial charge in [-0.1, -0.05) is 45.7 Å². The summed E-state index contributed by atoms with van der Waals surface area (Å²) in [6.07, 6.45) is 7.70. The number of aromatic nitrogens is 1. The van der Waals surface area contributed by atoms with Crippen LogP contribution in [0.2, 0.25) is 18.1 Å². The first-order valence-corrected chi connectivity index (χ1v) is 17.9. The van der Waals surface area contributed by atoms with Crippen molar-refractivity contribution < 1.29 is 18.8 Å². The number of rotatable bonds is 10. The largest absolute Gasteiger partial charge is 0.412 e. The molecular formula is C32H48N4O4Si. The second-order valence-electron chi connectivity index (χ2n) is 13.2. The molecule has 0 spiro atoms. The number of pyridine rings is 1. The van der Waals surface area contributed by atoms with Crippen LogP contribution in [-0.2, 0) is 20.5 Å². The van der Waals surface area contributed by atoms with Crippen molar-refractivity contribution in [1.82, 2.24) is 10.3 Å². The lowest BCUT2D eigenvalue weighted by Gasteiger charge is -2.43. The highest BCUT2D eigenvalue weighted by Crippen LogP contribution is 2.39. The number of hydrogen-bond acceptors (Lipinski definition) is 6. The number of anilines is 2. The number of carbonyl (C=O) groups is 2. The van der Waals surface area contributed by atoms with Crippen molar-refractivity contribution >= 4 is 31.6 Å². The van der Waals surface area contributed by atoms with Crippen LogP contribution in [0, 0.1) is 12.8 Å². The summed E-state index contributed by atoms with van der Waals surface area (Å²) >= 11 is 0. The number of aryl methyl sites for hydroxylation is 1. The van der Waals surface area contributed by atoms with Gasteiger partial charge in [-0.2, -0.15) is 0 Å². The quantitative estimate of drug-likeness (QED) is 0.280. The average Bonchev–Trinajstić information content (AvgIpc) is 2.88. The monoisotopic (exact) mass is 580 g/mol. The molecule has 9 heteroatoms. The Bertz CT molecular complexity index is 1210. The van der Waals surface area contributed by atoms with Gasteiger partial charge >= 0.3 is 0 Å². The van der Waals surface area contributed by atoms with Crippen molar-refractivity contribution in [2.45, 2.75) is 109 Å². The molecule has 2 aliphatic rings. The van der Waals surface area contributed by atoms with Crippen LogP contribution in [0.3, 0.4) is 0 Å². The normalized spacial score (nSPS) is 22.9. The summed E-state index contributed by atoms with van der Waals surface area (Å²) in [5.41, 5.74) is 3.58. The van der Waals surface area contributed by atoms with Gasteiger partial charge in [-0.3, -0.25) is 9.59 Å². The molecular weight excluding hydrogens is 532 g/mol. The molecule has 41 heavy (non-hydrogen) atoms. The van der Waals surface area contributed by atoms with Crippen LogP contribution < -0.4 is 16.0 Å². The Kier molecular flexibility index (Phi) is 9.92. The highest BCUT2D eigenvalue weighted by molar-refractivity contribution is 6.74. The number of nitrogens with one attached hydrogen (secondary N) is 3. The Balaban J connectivity index is 1.33. The van der Waals surface area contributed by atoms with Gasteiger partial charge in [0.15, 0.2) is 8.32 Å². The maximum atomic E-state index is 13.4. The summed E-state index contributed by atoms with van der Waals surface area (Å²) in [7, 11) is -0.257. The Morgan fingerprint density at radius 3 is 2.46 bits per heavy atom. The van der Waals surface area contributed by atoms with Crippen LogP contribution in [0.1, 0.15) is 80.8 Å². The van der Waals surface area contributed by atoms with Crippen molar-refractivity contribution in [2.75, 3.05) is 17.7 Å². The third-order valence-corrected chi connectivity index (χ3v) is 13.6. The van der Waals surface area contributed by atoms with Gasteiger partial charge in [0, 0.05) is 37.0 Å². The van der Waals surface area contributed by atoms with Crippen LogP contribution in [0.4, 0.5) is 11.5 Å². The van der Waals surface area contributed by atoms with Crippen molar-refractivity contribution in [1.29, 1.82) is 0 Å². The zero-order valence-electron chi connectivity index (χ0n) is 25.8. The van der Waals surface area contributed by atoms with E-state index in [1.807, 2.05) is 37.3 Å². The molecule has 0 radical (unpaired) electrons. The van der Waals surface area contributed by atoms with Gasteiger partial charge in [0.05, 0.1) is 18.2 Å². The summed E-state index contributed by atoms with van der Waals surface area (Å²) in [6, 6.07) is 9.59. The van der Waals surface area contributed by atoms with E-state index in [0.29, 0.717) is 17.9 Å². The molecule has 2 saturated carbocycles. The maximum absolute atomic E-state index is 13.4. The van der Waals surface area contributed by atoms with E-state index < -0.39 is 8.32 Å². The first kappa shape index (κ1) is 31.2. The summed E-state index contributed by atoms with van der Waals surface area (Å²) in [5.74, 6) is 0.472.